The highest BCUT2D eigenvalue weighted by atomic mass is 31.2. The number of ether oxygens (including phenoxy) is 5. The number of nitrogens with zero attached hydrogens (tertiary/aromatic N) is 4. The standard InChI is InChI=1S/C40H55N6O12P/c1-7-9-14-20-52-33(47)22-29(39(50)53-21-15-10-8-2)45-59(51,58-28-16-12-11-13-17-28)54-23-31-34(55-37(48)26(3)4)35(56-38(49)27(5)6)40(24-41,57-31)32-19-18-30-36(42)43-25-44-46(30)32/h11-13,16-19,25-27,29,31,34-35H,7-10,14-15,20-23H2,1-6H3,(H,45,51)(H2,42,43,44)/t29-,31+,34+,35+,40-,59?/m0/s1. The molecule has 1 saturated heterocycles. The van der Waals surface area contributed by atoms with Gasteiger partial charge in [0.25, 0.3) is 0 Å². The third-order valence-electron chi connectivity index (χ3n) is 9.22. The maximum atomic E-state index is 14.9. The Hall–Kier alpha value is -5.08. The van der Waals surface area contributed by atoms with E-state index in [1.54, 1.807) is 45.9 Å². The molecule has 1 unspecified atom stereocenters. The lowest BCUT2D eigenvalue weighted by atomic mass is 9.92. The fraction of sp³-hybridized carbons (Fsp3) is 0.575. The minimum absolute atomic E-state index is 0.0393. The molecule has 6 atom stereocenters. The third-order valence-corrected chi connectivity index (χ3v) is 10.8. The second-order valence-corrected chi connectivity index (χ2v) is 16.3. The van der Waals surface area contributed by atoms with Crippen LogP contribution in [0.15, 0.2) is 48.8 Å². The minimum Gasteiger partial charge on any atom is -0.466 e. The number of rotatable bonds is 23. The van der Waals surface area contributed by atoms with E-state index < -0.39 is 86.4 Å². The summed E-state index contributed by atoms with van der Waals surface area (Å²) < 4.78 is 57.2. The lowest BCUT2D eigenvalue weighted by Crippen LogP contribution is -2.47. The number of nitrogen functional groups attached to an aromatic ring is 1. The van der Waals surface area contributed by atoms with Crippen LogP contribution in [0.3, 0.4) is 0 Å². The summed E-state index contributed by atoms with van der Waals surface area (Å²) in [6.07, 6.45) is 0.446. The predicted molar refractivity (Wildman–Crippen MR) is 212 cm³/mol. The molecule has 4 rings (SSSR count). The second-order valence-electron chi connectivity index (χ2n) is 14.6. The molecule has 2 aromatic heterocycles. The van der Waals surface area contributed by atoms with Crippen LogP contribution >= 0.6 is 7.75 Å². The zero-order valence-corrected chi connectivity index (χ0v) is 35.3. The number of unbranched alkanes of at least 4 members (excludes halogenated alkanes) is 4. The fourth-order valence-corrected chi connectivity index (χ4v) is 7.48. The van der Waals surface area contributed by atoms with E-state index in [2.05, 4.69) is 21.2 Å². The maximum absolute atomic E-state index is 14.9. The topological polar surface area (TPSA) is 242 Å². The van der Waals surface area contributed by atoms with Crippen molar-refractivity contribution in [3.05, 3.63) is 54.5 Å². The van der Waals surface area contributed by atoms with Crippen molar-refractivity contribution >= 4 is 43.0 Å². The first kappa shape index (κ1) is 46.6. The normalized spacial score (nSPS) is 20.4. The van der Waals surface area contributed by atoms with E-state index in [-0.39, 0.29) is 30.5 Å². The van der Waals surface area contributed by atoms with Crippen LogP contribution in [0.1, 0.15) is 92.2 Å². The molecule has 18 nitrogen and oxygen atoms in total. The first-order chi connectivity index (χ1) is 28.2. The largest absolute Gasteiger partial charge is 0.466 e. The number of esters is 4. The highest BCUT2D eigenvalue weighted by Crippen LogP contribution is 2.49. The lowest BCUT2D eigenvalue weighted by Gasteiger charge is -2.29. The predicted octanol–water partition coefficient (Wildman–Crippen LogP) is 5.58. The Kier molecular flexibility index (Phi) is 17.2. The number of hydrogen-bond donors (Lipinski definition) is 2. The smallest absolute Gasteiger partial charge is 0.459 e. The van der Waals surface area contributed by atoms with E-state index in [9.17, 15) is 29.0 Å². The van der Waals surface area contributed by atoms with E-state index in [1.165, 1.54) is 28.8 Å². The number of nitriles is 1. The van der Waals surface area contributed by atoms with Crippen molar-refractivity contribution in [3.8, 4) is 11.8 Å². The van der Waals surface area contributed by atoms with Gasteiger partial charge in [-0.15, -0.1) is 0 Å². The number of benzene rings is 1. The number of para-hydroxylation sites is 1. The van der Waals surface area contributed by atoms with E-state index >= 15 is 0 Å². The monoisotopic (exact) mass is 842 g/mol. The number of aromatic nitrogens is 3. The molecule has 1 fully saturated rings. The molecule has 0 amide bonds. The van der Waals surface area contributed by atoms with E-state index in [1.807, 2.05) is 13.8 Å². The van der Waals surface area contributed by atoms with Crippen molar-refractivity contribution < 1.29 is 56.5 Å². The molecule has 1 aliphatic heterocycles. The van der Waals surface area contributed by atoms with Gasteiger partial charge in [0.05, 0.1) is 43.8 Å². The summed E-state index contributed by atoms with van der Waals surface area (Å²) in [6.45, 7) is 9.73. The number of nitrogens with two attached hydrogens (primary N) is 1. The molecule has 3 aromatic rings. The van der Waals surface area contributed by atoms with Gasteiger partial charge in [-0.1, -0.05) is 85.4 Å². The van der Waals surface area contributed by atoms with E-state index in [0.717, 1.165) is 32.0 Å². The van der Waals surface area contributed by atoms with Gasteiger partial charge in [-0.2, -0.15) is 15.4 Å². The Bertz CT molecular complexity index is 1970. The van der Waals surface area contributed by atoms with Crippen LogP contribution in [0.25, 0.3) is 5.52 Å². The molecule has 19 heteroatoms. The van der Waals surface area contributed by atoms with Crippen molar-refractivity contribution in [2.75, 3.05) is 25.6 Å². The lowest BCUT2D eigenvalue weighted by molar-refractivity contribution is -0.173. The molecule has 59 heavy (non-hydrogen) atoms. The SMILES string of the molecule is CCCCCOC(=O)C[C@H](NP(=O)(OC[C@H]1O[C@@](C#N)(c2ccc3c(N)ncnn23)[C@H](OC(=O)C(C)C)[C@@H]1OC(=O)C(C)C)Oc1ccccc1)C(=O)OCCCCC. The Labute approximate surface area is 343 Å². The Morgan fingerprint density at radius 3 is 2.20 bits per heavy atom. The first-order valence-corrected chi connectivity index (χ1v) is 21.4. The third kappa shape index (κ3) is 12.2. The van der Waals surface area contributed by atoms with Crippen LogP contribution in [0.2, 0.25) is 0 Å². The molecule has 0 spiro atoms. The van der Waals surface area contributed by atoms with Crippen molar-refractivity contribution in [1.29, 1.82) is 5.26 Å². The molecule has 0 saturated carbocycles. The zero-order valence-electron chi connectivity index (χ0n) is 34.4. The number of fused-ring (bicyclic) bond motifs is 1. The Morgan fingerprint density at radius 2 is 1.58 bits per heavy atom. The number of carbonyl (C=O) groups excluding carboxylic acids is 4. The van der Waals surface area contributed by atoms with Crippen LogP contribution in [0.5, 0.6) is 5.75 Å². The van der Waals surface area contributed by atoms with Gasteiger partial charge in [0, 0.05) is 0 Å². The summed E-state index contributed by atoms with van der Waals surface area (Å²) >= 11 is 0. The summed E-state index contributed by atoms with van der Waals surface area (Å²) in [4.78, 5) is 57.1. The van der Waals surface area contributed by atoms with Gasteiger partial charge in [0.2, 0.25) is 5.60 Å². The highest BCUT2D eigenvalue weighted by molar-refractivity contribution is 7.52. The molecule has 3 heterocycles. The molecule has 0 bridgehead atoms. The Balaban J connectivity index is 1.77. The molecule has 1 aromatic carbocycles. The summed E-state index contributed by atoms with van der Waals surface area (Å²) in [5.41, 5.74) is 4.22. The van der Waals surface area contributed by atoms with E-state index in [4.69, 9.17) is 38.5 Å². The van der Waals surface area contributed by atoms with Crippen molar-refractivity contribution in [1.82, 2.24) is 19.7 Å². The van der Waals surface area contributed by atoms with Gasteiger partial charge in [-0.05, 0) is 37.1 Å². The van der Waals surface area contributed by atoms with Crippen molar-refractivity contribution in [3.63, 3.8) is 0 Å². The average molecular weight is 843 g/mol. The summed E-state index contributed by atoms with van der Waals surface area (Å²) in [5, 5.41) is 17.8. The van der Waals surface area contributed by atoms with Crippen molar-refractivity contribution in [2.45, 2.75) is 116 Å². The van der Waals surface area contributed by atoms with Gasteiger partial charge >= 0.3 is 31.6 Å². The number of nitrogens with one attached hydrogen (secondary N) is 1. The van der Waals surface area contributed by atoms with Gasteiger partial charge in [-0.3, -0.25) is 23.7 Å². The minimum atomic E-state index is -4.75. The fourth-order valence-electron chi connectivity index (χ4n) is 5.98. The number of anilines is 1. The summed E-state index contributed by atoms with van der Waals surface area (Å²) in [7, 11) is -4.75. The van der Waals surface area contributed by atoms with Gasteiger partial charge in [0.1, 0.15) is 35.8 Å². The summed E-state index contributed by atoms with van der Waals surface area (Å²) in [6, 6.07) is 11.5. The molecular weight excluding hydrogens is 787 g/mol. The molecule has 0 radical (unpaired) electrons. The number of carbonyl (C=O) groups is 4. The Morgan fingerprint density at radius 1 is 0.932 bits per heavy atom. The highest BCUT2D eigenvalue weighted by Gasteiger charge is 2.63. The quantitative estimate of drug-likeness (QED) is 0.0512. The van der Waals surface area contributed by atoms with Crippen LogP contribution in [-0.2, 0) is 57.6 Å². The van der Waals surface area contributed by atoms with Crippen LogP contribution in [-0.4, -0.2) is 82.6 Å². The van der Waals surface area contributed by atoms with Crippen LogP contribution in [0.4, 0.5) is 5.82 Å². The molecule has 0 aliphatic carbocycles. The number of hydrogen-bond acceptors (Lipinski definition) is 16. The summed E-state index contributed by atoms with van der Waals surface area (Å²) in [5.74, 6) is -4.39. The molecule has 1 aliphatic rings. The van der Waals surface area contributed by atoms with Crippen LogP contribution < -0.4 is 15.3 Å². The van der Waals surface area contributed by atoms with Crippen LogP contribution in [0, 0.1) is 23.2 Å². The van der Waals surface area contributed by atoms with Gasteiger partial charge in [0.15, 0.2) is 18.0 Å². The van der Waals surface area contributed by atoms with E-state index in [0.29, 0.717) is 18.4 Å². The maximum Gasteiger partial charge on any atom is 0.459 e. The van der Waals surface area contributed by atoms with Crippen molar-refractivity contribution in [2.24, 2.45) is 11.8 Å². The molecular formula is C40H55N6O12P. The van der Waals surface area contributed by atoms with Gasteiger partial charge in [-0.25, -0.2) is 14.1 Å². The molecule has 322 valence electrons. The first-order valence-electron chi connectivity index (χ1n) is 19.9. The second kappa shape index (κ2) is 21.8. The molecule has 3 N–H and O–H groups in total. The average Bonchev–Trinajstić information content (AvgIpc) is 3.77. The van der Waals surface area contributed by atoms with Gasteiger partial charge < -0.3 is 33.9 Å². The zero-order chi connectivity index (χ0) is 43.2.